The Balaban J connectivity index is 0.00000117. The quantitative estimate of drug-likeness (QED) is 0.134. The van der Waals surface area contributed by atoms with Gasteiger partial charge < -0.3 is 55.1 Å². The van der Waals surface area contributed by atoms with Crippen LogP contribution in [0, 0.1) is 0 Å². The van der Waals surface area contributed by atoms with Gasteiger partial charge in [0.2, 0.25) is 5.79 Å². The Kier molecular flexibility index (Phi) is 12.1. The molecule has 15 nitrogen and oxygen atoms in total. The molecule has 0 unspecified atom stereocenters. The third-order valence-corrected chi connectivity index (χ3v) is 4.07. The molecule has 17 heteroatoms. The Morgan fingerprint density at radius 1 is 0.828 bits per heavy atom. The Hall–Kier alpha value is 0.430. The molecule has 0 aromatic rings. The molecule has 2 heterocycles. The topological polar surface area (TPSA) is 264 Å². The van der Waals surface area contributed by atoms with E-state index in [9.17, 15) is 30.6 Å². The Morgan fingerprint density at radius 3 is 1.69 bits per heavy atom. The molecule has 2 aliphatic rings. The van der Waals surface area contributed by atoms with Crippen LogP contribution in [-0.2, 0) is 24.6 Å². The summed E-state index contributed by atoms with van der Waals surface area (Å²) in [6, 6.07) is 0. The van der Waals surface area contributed by atoms with Crippen molar-refractivity contribution in [3.63, 3.8) is 0 Å². The maximum absolute atomic E-state index is 10.00. The minimum absolute atomic E-state index is 0. The van der Waals surface area contributed by atoms with Crippen LogP contribution in [0.4, 0.5) is 0 Å². The number of aliphatic hydroxyl groups is 8. The third-order valence-electron chi connectivity index (χ3n) is 4.07. The molecular weight excluding hydrogens is 439 g/mol. The van der Waals surface area contributed by atoms with Crippen molar-refractivity contribution in [2.24, 2.45) is 0 Å². The first kappa shape index (κ1) is 29.4. The molecule has 2 fully saturated rings. The average molecular weight is 464 g/mol. The molecule has 2 aliphatic heterocycles. The average Bonchev–Trinajstić information content (AvgIpc) is 2.86. The molecule has 0 radical (unpaired) electrons. The van der Waals surface area contributed by atoms with Crippen LogP contribution >= 0.6 is 0 Å². The summed E-state index contributed by atoms with van der Waals surface area (Å²) in [4.78, 5) is 0. The molecule has 9 atom stereocenters. The van der Waals surface area contributed by atoms with Crippen molar-refractivity contribution in [1.82, 2.24) is 0 Å². The number of ether oxygens (including phenoxy) is 3. The van der Waals surface area contributed by atoms with Gasteiger partial charge in [-0.15, -0.1) is 0 Å². The molecular formula is C12H25NaO15S. The normalized spacial score (nSPS) is 42.6. The first-order valence-electron chi connectivity index (χ1n) is 7.75. The third kappa shape index (κ3) is 7.51. The first-order valence-corrected chi connectivity index (χ1v) is 9.14. The molecule has 29 heavy (non-hydrogen) atoms. The van der Waals surface area contributed by atoms with Gasteiger partial charge in [-0.3, -0.25) is 9.11 Å². The van der Waals surface area contributed by atoms with Crippen LogP contribution in [-0.4, -0.2) is 163 Å². The number of hydrogen-bond acceptors (Lipinski definition) is 13. The van der Waals surface area contributed by atoms with Gasteiger partial charge in [0.05, 0.1) is 13.2 Å². The zero-order valence-corrected chi connectivity index (χ0v) is 15.0. The fourth-order valence-corrected chi connectivity index (χ4v) is 2.63. The zero-order valence-electron chi connectivity index (χ0n) is 14.2. The van der Waals surface area contributed by atoms with Crippen molar-refractivity contribution in [1.29, 1.82) is 0 Å². The van der Waals surface area contributed by atoms with E-state index in [1.165, 1.54) is 0 Å². The van der Waals surface area contributed by atoms with Crippen LogP contribution in [0.1, 0.15) is 0 Å². The van der Waals surface area contributed by atoms with Crippen LogP contribution in [0.3, 0.4) is 0 Å². The molecule has 0 spiro atoms. The van der Waals surface area contributed by atoms with Crippen molar-refractivity contribution < 1.29 is 72.6 Å². The van der Waals surface area contributed by atoms with Crippen LogP contribution < -0.4 is 0 Å². The second-order valence-electron chi connectivity index (χ2n) is 6.01. The summed E-state index contributed by atoms with van der Waals surface area (Å²) in [7, 11) is -4.67. The van der Waals surface area contributed by atoms with Crippen molar-refractivity contribution in [3.8, 4) is 0 Å². The zero-order chi connectivity index (χ0) is 21.9. The number of aliphatic hydroxyl groups excluding tert-OH is 8. The van der Waals surface area contributed by atoms with Crippen molar-refractivity contribution >= 4 is 40.0 Å². The van der Waals surface area contributed by atoms with Crippen molar-refractivity contribution in [3.05, 3.63) is 0 Å². The summed E-state index contributed by atoms with van der Waals surface area (Å²) >= 11 is 0. The van der Waals surface area contributed by atoms with E-state index in [2.05, 4.69) is 0 Å². The van der Waals surface area contributed by atoms with Crippen LogP contribution in [0.5, 0.6) is 0 Å². The van der Waals surface area contributed by atoms with Gasteiger partial charge in [-0.05, 0) is 0 Å². The summed E-state index contributed by atoms with van der Waals surface area (Å²) in [5.41, 5.74) is 0. The molecule has 10 N–H and O–H groups in total. The van der Waals surface area contributed by atoms with Gasteiger partial charge >= 0.3 is 40.0 Å². The SMILES string of the molecule is O=S(=O)(O)O.OC[C@H]1O[C@@](CO)(O[C@H]2O[C@H](CO)[C@@H](O)[C@H](O)[C@H]2O)[C@@H](O)[C@@H]1O.[NaH]. The molecule has 0 aliphatic carbocycles. The molecule has 0 aromatic heterocycles. The van der Waals surface area contributed by atoms with Gasteiger partial charge in [-0.1, -0.05) is 0 Å². The fourth-order valence-electron chi connectivity index (χ4n) is 2.63. The Bertz CT molecular complexity index is 582. The van der Waals surface area contributed by atoms with E-state index >= 15 is 0 Å². The molecule has 170 valence electrons. The standard InChI is InChI=1S/C12H22O11.Na.H2O4S.H/c13-1-4-6(16)8(18)9(19)11(21-4)23-12(3-15)10(20)7(17)5(2-14)22-12;;1-5(2,3)4;/h4-11,13-20H,1-3H2;;(H2,1,2,3,4);/t4-,5-,6-,7-,8+,9-,10+,11-,12+;;;/m1.../s1. The second kappa shape index (κ2) is 11.9. The van der Waals surface area contributed by atoms with Crippen LogP contribution in [0.25, 0.3) is 0 Å². The maximum atomic E-state index is 10.00. The van der Waals surface area contributed by atoms with E-state index in [0.717, 1.165) is 0 Å². The van der Waals surface area contributed by atoms with Gasteiger partial charge in [0.1, 0.15) is 49.3 Å². The number of hydrogen-bond donors (Lipinski definition) is 10. The molecule has 0 saturated carbocycles. The second-order valence-corrected chi connectivity index (χ2v) is 6.90. The summed E-state index contributed by atoms with van der Waals surface area (Å²) in [5.74, 6) is -2.22. The predicted molar refractivity (Wildman–Crippen MR) is 90.0 cm³/mol. The molecule has 0 bridgehead atoms. The van der Waals surface area contributed by atoms with E-state index < -0.39 is 85.0 Å². The first-order chi connectivity index (χ1) is 12.8. The van der Waals surface area contributed by atoms with Crippen molar-refractivity contribution in [2.75, 3.05) is 19.8 Å². The summed E-state index contributed by atoms with van der Waals surface area (Å²) in [5, 5.41) is 76.7. The van der Waals surface area contributed by atoms with Gasteiger partial charge in [0.25, 0.3) is 0 Å². The van der Waals surface area contributed by atoms with E-state index in [1.807, 2.05) is 0 Å². The molecule has 2 rings (SSSR count). The summed E-state index contributed by atoms with van der Waals surface area (Å²) < 4.78 is 47.0. The Morgan fingerprint density at radius 2 is 1.31 bits per heavy atom. The summed E-state index contributed by atoms with van der Waals surface area (Å²) in [6.07, 6.45) is -12.7. The van der Waals surface area contributed by atoms with Crippen LogP contribution in [0.2, 0.25) is 0 Å². The predicted octanol–water partition coefficient (Wildman–Crippen LogP) is -6.70. The van der Waals surface area contributed by atoms with Gasteiger partial charge in [-0.25, -0.2) is 0 Å². The van der Waals surface area contributed by atoms with E-state index in [0.29, 0.717) is 0 Å². The molecule has 2 saturated heterocycles. The molecule has 0 amide bonds. The number of rotatable bonds is 5. The van der Waals surface area contributed by atoms with Crippen LogP contribution in [0.15, 0.2) is 0 Å². The molecule has 0 aromatic carbocycles. The van der Waals surface area contributed by atoms with E-state index in [1.54, 1.807) is 0 Å². The fraction of sp³-hybridized carbons (Fsp3) is 1.00. The monoisotopic (exact) mass is 464 g/mol. The van der Waals surface area contributed by atoms with Gasteiger partial charge in [-0.2, -0.15) is 8.42 Å². The van der Waals surface area contributed by atoms with E-state index in [4.69, 9.17) is 41.9 Å². The van der Waals surface area contributed by atoms with Crippen molar-refractivity contribution in [2.45, 2.75) is 54.8 Å². The van der Waals surface area contributed by atoms with E-state index in [-0.39, 0.29) is 29.6 Å². The van der Waals surface area contributed by atoms with Gasteiger partial charge in [0, 0.05) is 0 Å². The minimum atomic E-state index is -4.67. The summed E-state index contributed by atoms with van der Waals surface area (Å²) in [6.45, 7) is -2.32. The Labute approximate surface area is 186 Å². The van der Waals surface area contributed by atoms with Gasteiger partial charge in [0.15, 0.2) is 6.29 Å².